The van der Waals surface area contributed by atoms with Crippen molar-refractivity contribution >= 4 is 75.8 Å². The summed E-state index contributed by atoms with van der Waals surface area (Å²) in [5, 5.41) is 0. The second-order valence-electron chi connectivity index (χ2n) is 3.88. The van der Waals surface area contributed by atoms with Crippen LogP contribution >= 0.6 is 69.6 Å². The minimum Gasteiger partial charge on any atom is -0.382 e. The predicted octanol–water partition coefficient (Wildman–Crippen LogP) is 6.63. The summed E-state index contributed by atoms with van der Waals surface area (Å²) in [7, 11) is 0. The van der Waals surface area contributed by atoms with Crippen LogP contribution in [0.5, 0.6) is 0 Å². The van der Waals surface area contributed by atoms with Crippen molar-refractivity contribution < 1.29 is 14.3 Å². The van der Waals surface area contributed by atoms with Gasteiger partial charge in [0.25, 0.3) is 0 Å². The number of hydrogen-bond donors (Lipinski definition) is 0. The van der Waals surface area contributed by atoms with Gasteiger partial charge in [0.05, 0.1) is 0 Å². The Morgan fingerprint density at radius 3 is 1.53 bits per heavy atom. The number of carbonyl (C=O) groups is 1. The van der Waals surface area contributed by atoms with Gasteiger partial charge in [-0.15, -0.1) is 0 Å². The fraction of sp³-hybridized carbons (Fsp3) is 0.900. The molecule has 9 heteroatoms. The molecule has 0 aromatic carbocycles. The third-order valence-corrected chi connectivity index (χ3v) is 2.00. The average Bonchev–Trinajstić information content (AvgIpc) is 2.08. The van der Waals surface area contributed by atoms with Crippen LogP contribution in [-0.4, -0.2) is 14.1 Å². The minimum absolute atomic E-state index is 0.903. The summed E-state index contributed by atoms with van der Waals surface area (Å²) >= 11 is 30.2. The Kier molecular flexibility index (Phi) is 12.6. The van der Waals surface area contributed by atoms with Gasteiger partial charge >= 0.3 is 14.1 Å². The van der Waals surface area contributed by atoms with Crippen molar-refractivity contribution in [3.8, 4) is 0 Å². The fourth-order valence-corrected chi connectivity index (χ4v) is 1.20. The molecule has 0 aromatic heterocycles. The van der Waals surface area contributed by atoms with Crippen molar-refractivity contribution in [2.45, 2.75) is 48.0 Å². The maximum Gasteiger partial charge on any atom is 0.515 e. The first-order chi connectivity index (χ1) is 8.37. The predicted molar refractivity (Wildman–Crippen MR) is 82.5 cm³/mol. The largest absolute Gasteiger partial charge is 0.515 e. The number of halogens is 6. The Hall–Kier alpha value is 1.01. The first-order valence-corrected chi connectivity index (χ1v) is 7.69. The summed E-state index contributed by atoms with van der Waals surface area (Å²) < 4.78 is 3.50. The third-order valence-electron chi connectivity index (χ3n) is 1.53. The van der Waals surface area contributed by atoms with E-state index < -0.39 is 14.1 Å². The van der Waals surface area contributed by atoms with Gasteiger partial charge in [-0.05, 0) is 75.5 Å². The maximum atomic E-state index is 10.5. The Morgan fingerprint density at radius 1 is 1.00 bits per heavy atom. The van der Waals surface area contributed by atoms with Gasteiger partial charge in [-0.3, -0.25) is 0 Å². The zero-order chi connectivity index (χ0) is 15.7. The van der Waals surface area contributed by atoms with E-state index in [0.717, 1.165) is 5.92 Å². The van der Waals surface area contributed by atoms with Gasteiger partial charge in [0.15, 0.2) is 0 Å². The molecular weight excluding hydrogens is 381 g/mol. The molecule has 0 radical (unpaired) electrons. The van der Waals surface area contributed by atoms with Crippen molar-refractivity contribution in [3.05, 3.63) is 0 Å². The lowest BCUT2D eigenvalue weighted by atomic mass is 10.1. The summed E-state index contributed by atoms with van der Waals surface area (Å²) in [4.78, 5) is 10.5. The highest BCUT2D eigenvalue weighted by atomic mass is 35.6. The van der Waals surface area contributed by atoms with Crippen molar-refractivity contribution in [2.24, 2.45) is 5.92 Å². The van der Waals surface area contributed by atoms with Crippen LogP contribution in [0.1, 0.15) is 40.0 Å². The molecule has 0 saturated heterocycles. The van der Waals surface area contributed by atoms with Crippen LogP contribution in [0.4, 0.5) is 4.79 Å². The number of unbranched alkanes of at least 4 members (excludes halogenated alkanes) is 1. The zero-order valence-corrected chi connectivity index (χ0v) is 15.2. The first-order valence-electron chi connectivity index (χ1n) is 5.42. The second kappa shape index (κ2) is 10.7. The third kappa shape index (κ3) is 24.4. The number of alkyl halides is 6. The molecule has 0 aliphatic heterocycles. The summed E-state index contributed by atoms with van der Waals surface area (Å²) in [6.45, 7) is 6.79. The highest BCUT2D eigenvalue weighted by Crippen LogP contribution is 2.32. The molecule has 19 heavy (non-hydrogen) atoms. The van der Waals surface area contributed by atoms with Crippen LogP contribution in [0.25, 0.3) is 0 Å². The molecule has 0 aromatic rings. The number of carbonyl (C=O) groups excluding carboxylic acids is 1. The quantitative estimate of drug-likeness (QED) is 0.396. The van der Waals surface area contributed by atoms with Crippen molar-refractivity contribution in [1.29, 1.82) is 0 Å². The Labute approximate surface area is 143 Å². The molecule has 0 unspecified atom stereocenters. The second-order valence-corrected chi connectivity index (χ2v) is 8.24. The average molecular weight is 397 g/mol. The van der Waals surface area contributed by atoms with Gasteiger partial charge in [0, 0.05) is 0 Å². The van der Waals surface area contributed by atoms with E-state index in [9.17, 15) is 4.79 Å². The van der Waals surface area contributed by atoms with Gasteiger partial charge in [-0.1, -0.05) is 40.0 Å². The molecule has 0 aliphatic carbocycles. The van der Waals surface area contributed by atoms with Crippen LogP contribution in [0, 0.1) is 5.92 Å². The normalized spacial score (nSPS) is 11.7. The molecule has 116 valence electrons. The van der Waals surface area contributed by atoms with Crippen LogP contribution < -0.4 is 0 Å². The van der Waals surface area contributed by atoms with Crippen molar-refractivity contribution in [1.82, 2.24) is 0 Å². The fourth-order valence-electron chi connectivity index (χ4n) is 0.822. The van der Waals surface area contributed by atoms with Crippen LogP contribution in [0.15, 0.2) is 0 Å². The van der Waals surface area contributed by atoms with Gasteiger partial charge in [-0.2, -0.15) is 0 Å². The molecule has 0 N–H and O–H groups in total. The van der Waals surface area contributed by atoms with Gasteiger partial charge in [0.2, 0.25) is 0 Å². The molecule has 0 fully saturated rings. The molecule has 3 nitrogen and oxygen atoms in total. The molecule has 0 atom stereocenters. The van der Waals surface area contributed by atoms with Crippen molar-refractivity contribution in [3.63, 3.8) is 0 Å². The monoisotopic (exact) mass is 394 g/mol. The van der Waals surface area contributed by atoms with E-state index in [-0.39, 0.29) is 0 Å². The number of hydrogen-bond acceptors (Lipinski definition) is 3. The summed E-state index contributed by atoms with van der Waals surface area (Å²) in [5.41, 5.74) is 0. The summed E-state index contributed by atoms with van der Waals surface area (Å²) in [6, 6.07) is 0. The van der Waals surface area contributed by atoms with Gasteiger partial charge in [0.1, 0.15) is 0 Å². The van der Waals surface area contributed by atoms with Gasteiger partial charge < -0.3 is 9.47 Å². The highest BCUT2D eigenvalue weighted by Gasteiger charge is 2.32. The molecule has 0 spiro atoms. The standard InChI is InChI=1S/C7H16.C3Cl6O3/c1-4-5-6-7(2)3;4-2(5,6)11-1(10)12-3(7,8)9/h7H,4-6H2,1-3H3;. The minimum atomic E-state index is -2.24. The molecule has 0 aliphatic rings. The number of rotatable bonds is 3. The topological polar surface area (TPSA) is 35.5 Å². The highest BCUT2D eigenvalue weighted by molar-refractivity contribution is 6.67. The van der Waals surface area contributed by atoms with E-state index in [1.165, 1.54) is 19.3 Å². The van der Waals surface area contributed by atoms with Crippen LogP contribution in [0.3, 0.4) is 0 Å². The summed E-state index contributed by atoms with van der Waals surface area (Å²) in [5.74, 6) is 0.903. The van der Waals surface area contributed by atoms with Crippen molar-refractivity contribution in [2.75, 3.05) is 0 Å². The molecule has 0 heterocycles. The SMILES string of the molecule is CCCCC(C)C.O=C(OC(Cl)(Cl)Cl)OC(Cl)(Cl)Cl. The molecule has 0 rings (SSSR count). The van der Waals surface area contributed by atoms with Crippen LogP contribution in [0.2, 0.25) is 0 Å². The smallest absolute Gasteiger partial charge is 0.382 e. The van der Waals surface area contributed by atoms with E-state index in [4.69, 9.17) is 69.6 Å². The number of ether oxygens (including phenoxy) is 2. The maximum absolute atomic E-state index is 10.5. The Balaban J connectivity index is 0. The lowest BCUT2D eigenvalue weighted by Gasteiger charge is -2.15. The van der Waals surface area contributed by atoms with E-state index in [0.29, 0.717) is 0 Å². The molecular formula is C10H16Cl6O3. The Bertz CT molecular complexity index is 229. The molecule has 0 amide bonds. The van der Waals surface area contributed by atoms with Crippen LogP contribution in [-0.2, 0) is 9.47 Å². The first kappa shape index (κ1) is 22.3. The Morgan fingerprint density at radius 2 is 1.37 bits per heavy atom. The van der Waals surface area contributed by atoms with Gasteiger partial charge in [-0.25, -0.2) is 4.79 Å². The zero-order valence-electron chi connectivity index (χ0n) is 10.7. The van der Waals surface area contributed by atoms with E-state index >= 15 is 0 Å². The molecule has 0 bridgehead atoms. The molecule has 0 saturated carbocycles. The lowest BCUT2D eigenvalue weighted by Crippen LogP contribution is -2.22. The van der Waals surface area contributed by atoms with E-state index in [1.807, 2.05) is 0 Å². The van der Waals surface area contributed by atoms with E-state index in [1.54, 1.807) is 0 Å². The lowest BCUT2D eigenvalue weighted by molar-refractivity contribution is 0.0508. The summed E-state index contributed by atoms with van der Waals surface area (Å²) in [6.07, 6.45) is 2.74. The van der Waals surface area contributed by atoms with E-state index in [2.05, 4.69) is 30.2 Å².